The van der Waals surface area contributed by atoms with Crippen LogP contribution in [0.4, 0.5) is 0 Å². The van der Waals surface area contributed by atoms with Gasteiger partial charge in [-0.2, -0.15) is 0 Å². The van der Waals surface area contributed by atoms with Gasteiger partial charge in [-0.15, -0.1) is 11.8 Å². The van der Waals surface area contributed by atoms with Crippen molar-refractivity contribution in [1.82, 2.24) is 4.90 Å². The normalized spacial score (nSPS) is 18.3. The second-order valence-corrected chi connectivity index (χ2v) is 8.70. The summed E-state index contributed by atoms with van der Waals surface area (Å²) in [6.07, 6.45) is 2.06. The summed E-state index contributed by atoms with van der Waals surface area (Å²) in [5, 5.41) is 10.0. The fourth-order valence-corrected chi connectivity index (χ4v) is 4.81. The number of carboxylic acids is 1. The maximum absolute atomic E-state index is 12.6. The molecule has 30 heavy (non-hydrogen) atoms. The summed E-state index contributed by atoms with van der Waals surface area (Å²) >= 11 is 7.77. The highest BCUT2D eigenvalue weighted by atomic mass is 35.5. The molecular weight excluding hydrogens is 422 g/mol. The molecule has 7 heteroatoms. The van der Waals surface area contributed by atoms with Gasteiger partial charge in [-0.25, -0.2) is 4.79 Å². The van der Waals surface area contributed by atoms with E-state index < -0.39 is 5.97 Å². The van der Waals surface area contributed by atoms with Crippen molar-refractivity contribution >= 4 is 35.1 Å². The van der Waals surface area contributed by atoms with Crippen LogP contribution >= 0.6 is 23.4 Å². The smallest absolute Gasteiger partial charge is 0.328 e. The number of piperidine rings is 1. The summed E-state index contributed by atoms with van der Waals surface area (Å²) in [6, 6.07) is 14.8. The Bertz CT molecular complexity index is 946. The number of Topliss-reactive ketones (excluding diaryl/α,β-unsaturated/α-hetero) is 1. The van der Waals surface area contributed by atoms with Gasteiger partial charge in [0, 0.05) is 41.5 Å². The van der Waals surface area contributed by atoms with Gasteiger partial charge < -0.3 is 9.84 Å². The Balaban J connectivity index is 1.64. The van der Waals surface area contributed by atoms with Crippen molar-refractivity contribution in [2.45, 2.75) is 18.2 Å². The first-order chi connectivity index (χ1) is 14.5. The summed E-state index contributed by atoms with van der Waals surface area (Å²) in [6.45, 7) is 2.02. The second-order valence-electron chi connectivity index (χ2n) is 7.10. The Kier molecular flexibility index (Phi) is 7.96. The van der Waals surface area contributed by atoms with E-state index in [2.05, 4.69) is 4.90 Å². The highest BCUT2D eigenvalue weighted by molar-refractivity contribution is 8.00. The number of carboxylic acid groups (broad SMARTS) is 1. The first-order valence-electron chi connectivity index (χ1n) is 9.64. The van der Waals surface area contributed by atoms with Crippen LogP contribution in [-0.4, -0.2) is 53.0 Å². The van der Waals surface area contributed by atoms with Crippen LogP contribution < -0.4 is 4.74 Å². The molecular formula is C23H24ClNO4S. The first kappa shape index (κ1) is 22.4. The van der Waals surface area contributed by atoms with Gasteiger partial charge in [-0.05, 0) is 35.8 Å². The average Bonchev–Trinajstić information content (AvgIpc) is 2.74. The molecule has 1 atom stereocenters. The number of benzene rings is 2. The Labute approximate surface area is 185 Å². The Hall–Kier alpha value is -2.28. The number of methoxy groups -OCH3 is 1. The van der Waals surface area contributed by atoms with E-state index in [1.54, 1.807) is 31.4 Å². The fraction of sp³-hybridized carbons (Fsp3) is 0.304. The highest BCUT2D eigenvalue weighted by Crippen LogP contribution is 2.30. The van der Waals surface area contributed by atoms with Crippen LogP contribution in [0, 0.1) is 0 Å². The van der Waals surface area contributed by atoms with Gasteiger partial charge in [0.05, 0.1) is 12.9 Å². The Morgan fingerprint density at radius 3 is 2.80 bits per heavy atom. The molecule has 2 aromatic rings. The van der Waals surface area contributed by atoms with Crippen LogP contribution in [0.2, 0.25) is 5.02 Å². The van der Waals surface area contributed by atoms with Gasteiger partial charge in [-0.3, -0.25) is 9.69 Å². The minimum Gasteiger partial charge on any atom is -0.497 e. The lowest BCUT2D eigenvalue weighted by molar-refractivity contribution is -0.131. The lowest BCUT2D eigenvalue weighted by Crippen LogP contribution is -2.37. The number of likely N-dealkylation sites (tertiary alicyclic amines) is 1. The molecule has 0 radical (unpaired) electrons. The van der Waals surface area contributed by atoms with Crippen LogP contribution in [0.25, 0.3) is 0 Å². The molecule has 1 N–H and O–H groups in total. The Morgan fingerprint density at radius 2 is 2.07 bits per heavy atom. The summed E-state index contributed by atoms with van der Waals surface area (Å²) in [7, 11) is 1.57. The molecule has 5 nitrogen and oxygen atoms in total. The van der Waals surface area contributed by atoms with E-state index in [4.69, 9.17) is 16.3 Å². The molecule has 2 aromatic carbocycles. The van der Waals surface area contributed by atoms with Crippen LogP contribution in [-0.2, 0) is 11.3 Å². The molecule has 3 rings (SSSR count). The number of carbonyl (C=O) groups is 2. The lowest BCUT2D eigenvalue weighted by atomic mass is 10.0. The first-order valence-corrected chi connectivity index (χ1v) is 11.1. The zero-order valence-corrected chi connectivity index (χ0v) is 18.3. The van der Waals surface area contributed by atoms with Gasteiger partial charge in [0.25, 0.3) is 0 Å². The molecule has 0 bridgehead atoms. The maximum Gasteiger partial charge on any atom is 0.328 e. The molecule has 1 aliphatic rings. The highest BCUT2D eigenvalue weighted by Gasteiger charge is 2.26. The molecule has 158 valence electrons. The number of hydrogen-bond donors (Lipinski definition) is 1. The van der Waals surface area contributed by atoms with Gasteiger partial charge in [0.15, 0.2) is 5.78 Å². The van der Waals surface area contributed by atoms with E-state index >= 15 is 0 Å². The lowest BCUT2D eigenvalue weighted by Gasteiger charge is -2.34. The van der Waals surface area contributed by atoms with Crippen molar-refractivity contribution in [2.24, 2.45) is 0 Å². The molecule has 1 fully saturated rings. The molecule has 1 heterocycles. The second kappa shape index (κ2) is 10.7. The standard InChI is InChI=1S/C23H24ClNO4S/c1-29-19-7-4-6-16(11-19)21(26)15-30-22-9-10-25(14-18(22)12-23(27)28)13-17-5-2-3-8-20(17)24/h2-8,11-12,22H,9-10,13-15H2,1H3,(H,27,28)/b18-12+. The third kappa shape index (κ3) is 6.11. The molecule has 0 saturated carbocycles. The van der Waals surface area contributed by atoms with E-state index in [1.165, 1.54) is 17.8 Å². The molecule has 0 aliphatic carbocycles. The predicted octanol–water partition coefficient (Wildman–Crippen LogP) is 4.55. The number of nitrogens with zero attached hydrogens (tertiary/aromatic N) is 1. The topological polar surface area (TPSA) is 66.8 Å². The minimum atomic E-state index is -0.964. The summed E-state index contributed by atoms with van der Waals surface area (Å²) < 4.78 is 5.18. The van der Waals surface area contributed by atoms with Crippen molar-refractivity contribution in [3.63, 3.8) is 0 Å². The zero-order valence-electron chi connectivity index (χ0n) is 16.7. The summed E-state index contributed by atoms with van der Waals surface area (Å²) in [5.41, 5.74) is 2.44. The monoisotopic (exact) mass is 445 g/mol. The quantitative estimate of drug-likeness (QED) is 0.475. The number of ether oxygens (including phenoxy) is 1. The molecule has 0 spiro atoms. The maximum atomic E-state index is 12.6. The number of halogens is 1. The van der Waals surface area contributed by atoms with Crippen LogP contribution in [0.3, 0.4) is 0 Å². The van der Waals surface area contributed by atoms with Crippen molar-refractivity contribution in [2.75, 3.05) is 26.0 Å². The van der Waals surface area contributed by atoms with Gasteiger partial charge in [-0.1, -0.05) is 41.9 Å². The largest absolute Gasteiger partial charge is 0.497 e. The van der Waals surface area contributed by atoms with Crippen molar-refractivity contribution in [3.8, 4) is 5.75 Å². The van der Waals surface area contributed by atoms with Crippen molar-refractivity contribution < 1.29 is 19.4 Å². The van der Waals surface area contributed by atoms with Crippen molar-refractivity contribution in [3.05, 3.63) is 76.3 Å². The molecule has 0 aromatic heterocycles. The fourth-order valence-electron chi connectivity index (χ4n) is 3.47. The summed E-state index contributed by atoms with van der Waals surface area (Å²) in [5.74, 6) is -0.0224. The van der Waals surface area contributed by atoms with Gasteiger partial charge in [0.2, 0.25) is 0 Å². The van der Waals surface area contributed by atoms with Crippen molar-refractivity contribution in [1.29, 1.82) is 0 Å². The molecule has 1 aliphatic heterocycles. The minimum absolute atomic E-state index is 0.00171. The van der Waals surface area contributed by atoms with E-state index in [0.29, 0.717) is 35.2 Å². The number of aliphatic carboxylic acids is 1. The number of hydrogen-bond acceptors (Lipinski definition) is 5. The SMILES string of the molecule is COc1cccc(C(=O)CSC2CCN(Cc3ccccc3Cl)C/C2=C\C(=O)O)c1. The molecule has 0 amide bonds. The van der Waals surface area contributed by atoms with Crippen LogP contribution in [0.1, 0.15) is 22.3 Å². The summed E-state index contributed by atoms with van der Waals surface area (Å²) in [4.78, 5) is 26.1. The number of ketones is 1. The van der Waals surface area contributed by atoms with Gasteiger partial charge in [0.1, 0.15) is 5.75 Å². The molecule has 1 saturated heterocycles. The number of thioether (sulfide) groups is 1. The van der Waals surface area contributed by atoms with E-state index in [0.717, 1.165) is 24.1 Å². The van der Waals surface area contributed by atoms with Crippen LogP contribution in [0.15, 0.2) is 60.2 Å². The van der Waals surface area contributed by atoms with E-state index in [-0.39, 0.29) is 11.0 Å². The predicted molar refractivity (Wildman–Crippen MR) is 121 cm³/mol. The third-order valence-corrected chi connectivity index (χ3v) is 6.73. The third-order valence-electron chi connectivity index (χ3n) is 5.00. The Morgan fingerprint density at radius 1 is 1.27 bits per heavy atom. The van der Waals surface area contributed by atoms with Gasteiger partial charge >= 0.3 is 5.97 Å². The molecule has 1 unspecified atom stereocenters. The number of carbonyl (C=O) groups excluding carboxylic acids is 1. The average molecular weight is 446 g/mol. The van der Waals surface area contributed by atoms with E-state index in [1.807, 2.05) is 24.3 Å². The van der Waals surface area contributed by atoms with Crippen LogP contribution in [0.5, 0.6) is 5.75 Å². The van der Waals surface area contributed by atoms with E-state index in [9.17, 15) is 14.7 Å². The zero-order chi connectivity index (χ0) is 21.5. The number of rotatable bonds is 8.